The Bertz CT molecular complexity index is 737. The molecule has 120 valence electrons. The van der Waals surface area contributed by atoms with E-state index in [0.29, 0.717) is 10.6 Å². The lowest BCUT2D eigenvalue weighted by molar-refractivity contribution is 0.0917. The lowest BCUT2D eigenvalue weighted by atomic mass is 10.1. The van der Waals surface area contributed by atoms with Crippen molar-refractivity contribution in [1.29, 1.82) is 0 Å². The van der Waals surface area contributed by atoms with Crippen LogP contribution in [0.15, 0.2) is 36.4 Å². The molecular weight excluding hydrogens is 320 g/mol. The van der Waals surface area contributed by atoms with Crippen molar-refractivity contribution in [3.63, 3.8) is 0 Å². The summed E-state index contributed by atoms with van der Waals surface area (Å²) in [6.45, 7) is 1.09. The van der Waals surface area contributed by atoms with Gasteiger partial charge in [0.05, 0.1) is 12.7 Å². The van der Waals surface area contributed by atoms with E-state index >= 15 is 0 Å². The number of rotatable bonds is 6. The predicted molar refractivity (Wildman–Crippen MR) is 85.9 cm³/mol. The van der Waals surface area contributed by atoms with E-state index in [1.54, 1.807) is 24.3 Å². The molecule has 0 unspecified atom stereocenters. The molecule has 0 atom stereocenters. The highest BCUT2D eigenvalue weighted by atomic mass is 35.5. The minimum absolute atomic E-state index is 0.123. The van der Waals surface area contributed by atoms with Crippen molar-refractivity contribution in [2.24, 2.45) is 0 Å². The zero-order chi connectivity index (χ0) is 17.0. The molecule has 0 aliphatic heterocycles. The van der Waals surface area contributed by atoms with E-state index in [4.69, 9.17) is 21.1 Å². The average molecular weight is 335 g/mol. The van der Waals surface area contributed by atoms with Crippen LogP contribution in [0, 0.1) is 0 Å². The van der Waals surface area contributed by atoms with Crippen LogP contribution in [0.3, 0.4) is 0 Å². The number of benzene rings is 2. The van der Waals surface area contributed by atoms with E-state index in [-0.39, 0.29) is 41.0 Å². The Kier molecular flexibility index (Phi) is 5.24. The number of hydrogen-bond acceptors (Lipinski definition) is 5. The molecule has 0 saturated heterocycles. The van der Waals surface area contributed by atoms with Gasteiger partial charge in [-0.3, -0.25) is 9.59 Å². The molecule has 0 bridgehead atoms. The topological polar surface area (TPSA) is 72.8 Å². The van der Waals surface area contributed by atoms with Crippen LogP contribution in [-0.4, -0.2) is 30.4 Å². The summed E-state index contributed by atoms with van der Waals surface area (Å²) >= 11 is 5.77. The lowest BCUT2D eigenvalue weighted by Crippen LogP contribution is -2.12. The zero-order valence-electron chi connectivity index (χ0n) is 12.6. The fourth-order valence-electron chi connectivity index (χ4n) is 1.97. The van der Waals surface area contributed by atoms with Crippen molar-refractivity contribution in [3.05, 3.63) is 52.5 Å². The zero-order valence-corrected chi connectivity index (χ0v) is 13.4. The number of methoxy groups -OCH3 is 1. The van der Waals surface area contributed by atoms with Crippen LogP contribution in [0.4, 0.5) is 0 Å². The molecule has 0 spiro atoms. The Balaban J connectivity index is 2.16. The molecule has 2 rings (SSSR count). The SMILES string of the molecule is COc1cc(C(C)=O)c(O)cc1OCC(=O)c1ccc(Cl)cc1. The average Bonchev–Trinajstić information content (AvgIpc) is 2.53. The van der Waals surface area contributed by atoms with E-state index in [1.807, 2.05) is 0 Å². The molecule has 0 fully saturated rings. The van der Waals surface area contributed by atoms with Crippen LogP contribution in [0.5, 0.6) is 17.2 Å². The van der Waals surface area contributed by atoms with Crippen molar-refractivity contribution < 1.29 is 24.2 Å². The van der Waals surface area contributed by atoms with Crippen LogP contribution in [0.1, 0.15) is 27.6 Å². The fourth-order valence-corrected chi connectivity index (χ4v) is 2.09. The monoisotopic (exact) mass is 334 g/mol. The molecule has 0 saturated carbocycles. The summed E-state index contributed by atoms with van der Waals surface area (Å²) in [4.78, 5) is 23.5. The summed E-state index contributed by atoms with van der Waals surface area (Å²) in [6, 6.07) is 9.05. The number of carbonyl (C=O) groups excluding carboxylic acids is 2. The number of Topliss-reactive ketones (excluding diaryl/α,β-unsaturated/α-hetero) is 2. The van der Waals surface area contributed by atoms with Gasteiger partial charge in [0.1, 0.15) is 5.75 Å². The van der Waals surface area contributed by atoms with Crippen molar-refractivity contribution in [3.8, 4) is 17.2 Å². The van der Waals surface area contributed by atoms with Gasteiger partial charge in [0.15, 0.2) is 29.7 Å². The van der Waals surface area contributed by atoms with Gasteiger partial charge in [-0.25, -0.2) is 0 Å². The summed E-state index contributed by atoms with van der Waals surface area (Å²) in [6.07, 6.45) is 0. The molecule has 0 aromatic heterocycles. The van der Waals surface area contributed by atoms with E-state index in [0.717, 1.165) is 0 Å². The number of phenols is 1. The van der Waals surface area contributed by atoms with Gasteiger partial charge in [0, 0.05) is 16.7 Å². The maximum Gasteiger partial charge on any atom is 0.200 e. The van der Waals surface area contributed by atoms with Crippen LogP contribution in [0.25, 0.3) is 0 Å². The van der Waals surface area contributed by atoms with Gasteiger partial charge >= 0.3 is 0 Å². The van der Waals surface area contributed by atoms with E-state index in [2.05, 4.69) is 0 Å². The third-order valence-electron chi connectivity index (χ3n) is 3.19. The summed E-state index contributed by atoms with van der Waals surface area (Å²) < 4.78 is 10.5. The highest BCUT2D eigenvalue weighted by molar-refractivity contribution is 6.30. The van der Waals surface area contributed by atoms with Gasteiger partial charge < -0.3 is 14.6 Å². The molecule has 1 N–H and O–H groups in total. The Morgan fingerprint density at radius 3 is 2.35 bits per heavy atom. The summed E-state index contributed by atoms with van der Waals surface area (Å²) in [5.41, 5.74) is 0.580. The molecule has 0 aliphatic carbocycles. The highest BCUT2D eigenvalue weighted by Crippen LogP contribution is 2.34. The molecule has 6 heteroatoms. The summed E-state index contributed by atoms with van der Waals surface area (Å²) in [5, 5.41) is 10.4. The first-order valence-electron chi connectivity index (χ1n) is 6.76. The Labute approximate surface area is 138 Å². The molecule has 2 aromatic carbocycles. The van der Waals surface area contributed by atoms with Gasteiger partial charge in [-0.2, -0.15) is 0 Å². The second kappa shape index (κ2) is 7.15. The first kappa shape index (κ1) is 16.8. The third kappa shape index (κ3) is 4.02. The van der Waals surface area contributed by atoms with Crippen LogP contribution in [-0.2, 0) is 0 Å². The maximum atomic E-state index is 12.1. The first-order valence-corrected chi connectivity index (χ1v) is 7.13. The Morgan fingerprint density at radius 1 is 1.13 bits per heavy atom. The second-order valence-corrected chi connectivity index (χ2v) is 5.23. The van der Waals surface area contributed by atoms with Crippen LogP contribution >= 0.6 is 11.6 Å². The molecule has 23 heavy (non-hydrogen) atoms. The van der Waals surface area contributed by atoms with Gasteiger partial charge in [-0.05, 0) is 37.3 Å². The van der Waals surface area contributed by atoms with Crippen LogP contribution in [0.2, 0.25) is 5.02 Å². The van der Waals surface area contributed by atoms with Gasteiger partial charge in [-0.1, -0.05) is 11.6 Å². The highest BCUT2D eigenvalue weighted by Gasteiger charge is 2.15. The molecule has 2 aromatic rings. The van der Waals surface area contributed by atoms with Crippen molar-refractivity contribution >= 4 is 23.2 Å². The van der Waals surface area contributed by atoms with Gasteiger partial charge in [-0.15, -0.1) is 0 Å². The first-order chi connectivity index (χ1) is 10.9. The molecule has 0 aliphatic rings. The maximum absolute atomic E-state index is 12.1. The Morgan fingerprint density at radius 2 is 1.78 bits per heavy atom. The minimum Gasteiger partial charge on any atom is -0.507 e. The number of carbonyl (C=O) groups is 2. The molecule has 5 nitrogen and oxygen atoms in total. The number of hydrogen-bond donors (Lipinski definition) is 1. The van der Waals surface area contributed by atoms with Crippen molar-refractivity contribution in [2.45, 2.75) is 6.92 Å². The number of ketones is 2. The number of ether oxygens (including phenoxy) is 2. The normalized spacial score (nSPS) is 10.2. The van der Waals surface area contributed by atoms with Crippen LogP contribution < -0.4 is 9.47 Å². The molecule has 0 heterocycles. The largest absolute Gasteiger partial charge is 0.507 e. The molecular formula is C17H15ClO5. The van der Waals surface area contributed by atoms with Gasteiger partial charge in [0.2, 0.25) is 0 Å². The Hall–Kier alpha value is -2.53. The van der Waals surface area contributed by atoms with Crippen molar-refractivity contribution in [1.82, 2.24) is 0 Å². The predicted octanol–water partition coefficient (Wildman–Crippen LogP) is 3.52. The van der Waals surface area contributed by atoms with E-state index < -0.39 is 0 Å². The smallest absolute Gasteiger partial charge is 0.200 e. The lowest BCUT2D eigenvalue weighted by Gasteiger charge is -2.12. The number of aromatic hydroxyl groups is 1. The van der Waals surface area contributed by atoms with Gasteiger partial charge in [0.25, 0.3) is 0 Å². The molecule has 0 radical (unpaired) electrons. The molecule has 0 amide bonds. The summed E-state index contributed by atoms with van der Waals surface area (Å²) in [5.74, 6) is -0.343. The van der Waals surface area contributed by atoms with E-state index in [9.17, 15) is 14.7 Å². The quantitative estimate of drug-likeness (QED) is 0.818. The minimum atomic E-state index is -0.301. The summed E-state index contributed by atoms with van der Waals surface area (Å²) in [7, 11) is 1.41. The number of phenolic OH excluding ortho intramolecular Hbond substituents is 1. The van der Waals surface area contributed by atoms with E-state index in [1.165, 1.54) is 26.2 Å². The fraction of sp³-hybridized carbons (Fsp3) is 0.176. The number of halogens is 1. The standard InChI is InChI=1S/C17H15ClO5/c1-10(19)13-7-16(22-2)17(8-14(13)20)23-9-15(21)11-3-5-12(18)6-4-11/h3-8,20H,9H2,1-2H3. The van der Waals surface area contributed by atoms with Crippen molar-refractivity contribution in [2.75, 3.05) is 13.7 Å². The third-order valence-corrected chi connectivity index (χ3v) is 3.44. The second-order valence-electron chi connectivity index (χ2n) is 4.80.